The van der Waals surface area contributed by atoms with Gasteiger partial charge in [0.1, 0.15) is 17.9 Å². The summed E-state index contributed by atoms with van der Waals surface area (Å²) in [5.41, 5.74) is -0.237. The van der Waals surface area contributed by atoms with Crippen molar-refractivity contribution < 1.29 is 37.9 Å². The van der Waals surface area contributed by atoms with E-state index in [1.807, 2.05) is 5.32 Å². The Morgan fingerprint density at radius 3 is 2.23 bits per heavy atom. The van der Waals surface area contributed by atoms with Gasteiger partial charge in [0.25, 0.3) is 0 Å². The van der Waals surface area contributed by atoms with Gasteiger partial charge in [-0.15, -0.1) is 0 Å². The Morgan fingerprint density at radius 1 is 1.12 bits per heavy atom. The first kappa shape index (κ1) is 20.9. The first-order valence-corrected chi connectivity index (χ1v) is 7.34. The van der Waals surface area contributed by atoms with Gasteiger partial charge >= 0.3 is 5.97 Å². The van der Waals surface area contributed by atoms with E-state index < -0.39 is 60.3 Å². The lowest BCUT2D eigenvalue weighted by Crippen LogP contribution is -2.50. The maximum absolute atomic E-state index is 13.9. The molecule has 0 aliphatic carbocycles. The zero-order valence-corrected chi connectivity index (χ0v) is 13.6. The van der Waals surface area contributed by atoms with Crippen molar-refractivity contribution in [2.24, 2.45) is 0 Å². The Labute approximate surface area is 146 Å². The van der Waals surface area contributed by atoms with E-state index in [1.165, 1.54) is 18.2 Å². The SMILES string of the molecule is CC(=O)NC(C(=O)NC(CC(=O)O)C(=O)C(=O)CF)c1ccccc1F. The number of amides is 2. The number of nitrogens with one attached hydrogen (secondary N) is 2. The number of carboxylic acid groups (broad SMARTS) is 1. The first-order valence-electron chi connectivity index (χ1n) is 7.34. The van der Waals surface area contributed by atoms with Gasteiger partial charge in [-0.2, -0.15) is 0 Å². The van der Waals surface area contributed by atoms with Gasteiger partial charge < -0.3 is 15.7 Å². The minimum Gasteiger partial charge on any atom is -0.481 e. The molecule has 2 atom stereocenters. The molecule has 3 N–H and O–H groups in total. The molecule has 140 valence electrons. The molecule has 8 nitrogen and oxygen atoms in total. The van der Waals surface area contributed by atoms with Crippen molar-refractivity contribution >= 4 is 29.4 Å². The van der Waals surface area contributed by atoms with Crippen LogP contribution in [0.2, 0.25) is 0 Å². The Hall–Kier alpha value is -3.17. The monoisotopic (exact) mass is 370 g/mol. The number of ketones is 2. The van der Waals surface area contributed by atoms with Crippen LogP contribution in [0.3, 0.4) is 0 Å². The van der Waals surface area contributed by atoms with E-state index in [4.69, 9.17) is 5.11 Å². The highest BCUT2D eigenvalue weighted by Gasteiger charge is 2.32. The Balaban J connectivity index is 3.13. The van der Waals surface area contributed by atoms with Crippen LogP contribution in [0.5, 0.6) is 0 Å². The lowest BCUT2D eigenvalue weighted by atomic mass is 10.0. The number of Topliss-reactive ketones (excluding diaryl/α,β-unsaturated/α-hetero) is 2. The van der Waals surface area contributed by atoms with E-state index in [0.717, 1.165) is 13.0 Å². The zero-order chi connectivity index (χ0) is 19.9. The van der Waals surface area contributed by atoms with Gasteiger partial charge in [-0.05, 0) is 6.07 Å². The summed E-state index contributed by atoms with van der Waals surface area (Å²) in [7, 11) is 0. The second-order valence-corrected chi connectivity index (χ2v) is 5.24. The molecule has 26 heavy (non-hydrogen) atoms. The summed E-state index contributed by atoms with van der Waals surface area (Å²) in [6, 6.07) is 1.54. The fourth-order valence-corrected chi connectivity index (χ4v) is 2.10. The molecule has 0 heterocycles. The summed E-state index contributed by atoms with van der Waals surface area (Å²) >= 11 is 0. The summed E-state index contributed by atoms with van der Waals surface area (Å²) in [4.78, 5) is 57.5. The number of carbonyl (C=O) groups excluding carboxylic acids is 4. The quantitative estimate of drug-likeness (QED) is 0.528. The number of benzene rings is 1. The Kier molecular flexibility index (Phi) is 7.51. The van der Waals surface area contributed by atoms with Crippen molar-refractivity contribution in [3.8, 4) is 0 Å². The molecule has 1 rings (SSSR count). The van der Waals surface area contributed by atoms with Crippen LogP contribution < -0.4 is 10.6 Å². The number of aliphatic carboxylic acids is 1. The van der Waals surface area contributed by atoms with Crippen LogP contribution in [0.1, 0.15) is 24.9 Å². The number of halogens is 2. The molecule has 0 fully saturated rings. The summed E-state index contributed by atoms with van der Waals surface area (Å²) < 4.78 is 26.3. The predicted octanol–water partition coefficient (Wildman–Crippen LogP) is 0.0701. The van der Waals surface area contributed by atoms with Crippen molar-refractivity contribution in [1.82, 2.24) is 10.6 Å². The van der Waals surface area contributed by atoms with E-state index in [1.54, 1.807) is 0 Å². The maximum atomic E-state index is 13.9. The largest absolute Gasteiger partial charge is 0.481 e. The molecular formula is C16H16F2N2O6. The topological polar surface area (TPSA) is 130 Å². The molecule has 0 saturated carbocycles. The van der Waals surface area contributed by atoms with Gasteiger partial charge in [-0.1, -0.05) is 18.2 Å². The molecule has 2 amide bonds. The number of hydrogen-bond donors (Lipinski definition) is 3. The summed E-state index contributed by atoms with van der Waals surface area (Å²) in [6.45, 7) is -0.596. The van der Waals surface area contributed by atoms with Crippen molar-refractivity contribution in [3.63, 3.8) is 0 Å². The molecule has 10 heteroatoms. The van der Waals surface area contributed by atoms with E-state index in [-0.39, 0.29) is 5.56 Å². The first-order chi connectivity index (χ1) is 12.2. The molecule has 0 aliphatic rings. The number of hydrogen-bond acceptors (Lipinski definition) is 5. The molecule has 0 aromatic heterocycles. The van der Waals surface area contributed by atoms with Crippen molar-refractivity contribution in [3.05, 3.63) is 35.6 Å². The normalized spacial score (nSPS) is 12.6. The van der Waals surface area contributed by atoms with E-state index in [0.29, 0.717) is 0 Å². The van der Waals surface area contributed by atoms with Gasteiger partial charge in [0.15, 0.2) is 6.67 Å². The van der Waals surface area contributed by atoms with E-state index >= 15 is 0 Å². The third kappa shape index (κ3) is 5.72. The number of rotatable bonds is 9. The molecule has 0 spiro atoms. The minimum atomic E-state index is -1.86. The molecule has 0 aliphatic heterocycles. The molecule has 2 unspecified atom stereocenters. The van der Waals surface area contributed by atoms with Crippen LogP contribution in [-0.2, 0) is 24.0 Å². The highest BCUT2D eigenvalue weighted by atomic mass is 19.1. The fourth-order valence-electron chi connectivity index (χ4n) is 2.10. The third-order valence-electron chi connectivity index (χ3n) is 3.23. The molecule has 1 aromatic carbocycles. The molecular weight excluding hydrogens is 354 g/mol. The summed E-state index contributed by atoms with van der Waals surface area (Å²) in [5.74, 6) is -7.15. The van der Waals surface area contributed by atoms with E-state index in [2.05, 4.69) is 5.32 Å². The highest BCUT2D eigenvalue weighted by Crippen LogP contribution is 2.17. The predicted molar refractivity (Wildman–Crippen MR) is 83.1 cm³/mol. The van der Waals surface area contributed by atoms with Crippen molar-refractivity contribution in [2.75, 3.05) is 6.67 Å². The van der Waals surface area contributed by atoms with Crippen LogP contribution in [-0.4, -0.2) is 47.2 Å². The maximum Gasteiger partial charge on any atom is 0.305 e. The number of alkyl halides is 1. The highest BCUT2D eigenvalue weighted by molar-refractivity contribution is 6.40. The van der Waals surface area contributed by atoms with Crippen LogP contribution in [0, 0.1) is 5.82 Å². The fraction of sp³-hybridized carbons (Fsp3) is 0.312. The lowest BCUT2D eigenvalue weighted by Gasteiger charge is -2.21. The zero-order valence-electron chi connectivity index (χ0n) is 13.6. The lowest BCUT2D eigenvalue weighted by molar-refractivity contribution is -0.143. The molecule has 1 aromatic rings. The van der Waals surface area contributed by atoms with Gasteiger partial charge in [-0.25, -0.2) is 8.78 Å². The van der Waals surface area contributed by atoms with Gasteiger partial charge in [-0.3, -0.25) is 24.0 Å². The smallest absolute Gasteiger partial charge is 0.305 e. The standard InChI is InChI=1S/C16H16F2N2O6/c1-8(21)19-14(9-4-2-3-5-10(9)18)16(26)20-11(6-13(23)24)15(25)12(22)7-17/h2-5,11,14H,6-7H2,1H3,(H,19,21)(H,20,26)(H,23,24). The molecule has 0 bridgehead atoms. The van der Waals surface area contributed by atoms with Crippen molar-refractivity contribution in [2.45, 2.75) is 25.4 Å². The summed E-state index contributed by atoms with van der Waals surface area (Å²) in [5, 5.41) is 12.9. The number of carboxylic acids is 1. The van der Waals surface area contributed by atoms with E-state index in [9.17, 15) is 32.8 Å². The van der Waals surface area contributed by atoms with Crippen LogP contribution in [0.25, 0.3) is 0 Å². The second-order valence-electron chi connectivity index (χ2n) is 5.24. The van der Waals surface area contributed by atoms with Crippen LogP contribution in [0.4, 0.5) is 8.78 Å². The number of carbonyl (C=O) groups is 5. The summed E-state index contributed by atoms with van der Waals surface area (Å²) in [6.07, 6.45) is -0.986. The van der Waals surface area contributed by atoms with Crippen LogP contribution >= 0.6 is 0 Å². The van der Waals surface area contributed by atoms with Crippen molar-refractivity contribution in [1.29, 1.82) is 0 Å². The van der Waals surface area contributed by atoms with Gasteiger partial charge in [0.2, 0.25) is 23.4 Å². The van der Waals surface area contributed by atoms with Crippen LogP contribution in [0.15, 0.2) is 24.3 Å². The third-order valence-corrected chi connectivity index (χ3v) is 3.23. The Morgan fingerprint density at radius 2 is 1.73 bits per heavy atom. The second kappa shape index (κ2) is 9.35. The average molecular weight is 370 g/mol. The Bertz CT molecular complexity index is 737. The van der Waals surface area contributed by atoms with Gasteiger partial charge in [0, 0.05) is 12.5 Å². The van der Waals surface area contributed by atoms with Gasteiger partial charge in [0.05, 0.1) is 6.42 Å². The average Bonchev–Trinajstić information content (AvgIpc) is 2.57. The molecule has 0 radical (unpaired) electrons. The molecule has 0 saturated heterocycles. The minimum absolute atomic E-state index is 0.237.